The van der Waals surface area contributed by atoms with Crippen LogP contribution in [0.2, 0.25) is 0 Å². The summed E-state index contributed by atoms with van der Waals surface area (Å²) in [5.74, 6) is 0. The summed E-state index contributed by atoms with van der Waals surface area (Å²) in [6, 6.07) is 0.0432. The van der Waals surface area contributed by atoms with Gasteiger partial charge < -0.3 is 15.0 Å². The molecule has 5 heteroatoms. The highest BCUT2D eigenvalue weighted by Crippen LogP contribution is 2.20. The van der Waals surface area contributed by atoms with Gasteiger partial charge in [0.1, 0.15) is 0 Å². The molecule has 0 aromatic rings. The Balaban J connectivity index is 1.61. The SMILES string of the molecule is COCCNC(=O)N1CCN(CCC2=CCCCC2)CC1. The van der Waals surface area contributed by atoms with Crippen molar-refractivity contribution in [3.63, 3.8) is 0 Å². The third-order valence-corrected chi connectivity index (χ3v) is 4.38. The molecule has 1 aliphatic carbocycles. The second-order valence-electron chi connectivity index (χ2n) is 5.91. The van der Waals surface area contributed by atoms with E-state index in [2.05, 4.69) is 16.3 Å². The summed E-state index contributed by atoms with van der Waals surface area (Å²) in [5, 5.41) is 2.89. The van der Waals surface area contributed by atoms with Gasteiger partial charge in [-0.1, -0.05) is 11.6 Å². The van der Waals surface area contributed by atoms with Gasteiger partial charge in [0.2, 0.25) is 0 Å². The Morgan fingerprint density at radius 1 is 1.29 bits per heavy atom. The minimum Gasteiger partial charge on any atom is -0.383 e. The fourth-order valence-corrected chi connectivity index (χ4v) is 2.98. The molecule has 1 saturated heterocycles. The summed E-state index contributed by atoms with van der Waals surface area (Å²) >= 11 is 0. The van der Waals surface area contributed by atoms with Crippen LogP contribution in [0.4, 0.5) is 4.79 Å². The van der Waals surface area contributed by atoms with Gasteiger partial charge in [-0.15, -0.1) is 0 Å². The zero-order chi connectivity index (χ0) is 14.9. The normalized spacial score (nSPS) is 20.2. The van der Waals surface area contributed by atoms with Crippen molar-refractivity contribution < 1.29 is 9.53 Å². The molecule has 2 amide bonds. The van der Waals surface area contributed by atoms with Crippen LogP contribution in [0.1, 0.15) is 32.1 Å². The molecular weight excluding hydrogens is 266 g/mol. The third kappa shape index (κ3) is 5.67. The van der Waals surface area contributed by atoms with Crippen molar-refractivity contribution in [2.45, 2.75) is 32.1 Å². The molecule has 2 rings (SSSR count). The number of nitrogens with zero attached hydrogens (tertiary/aromatic N) is 2. The molecule has 120 valence electrons. The van der Waals surface area contributed by atoms with Crippen molar-refractivity contribution in [1.82, 2.24) is 15.1 Å². The third-order valence-electron chi connectivity index (χ3n) is 4.38. The van der Waals surface area contributed by atoms with E-state index in [1.165, 1.54) is 32.1 Å². The molecule has 1 aliphatic heterocycles. The summed E-state index contributed by atoms with van der Waals surface area (Å²) in [7, 11) is 1.65. The van der Waals surface area contributed by atoms with E-state index in [-0.39, 0.29) is 6.03 Å². The molecule has 21 heavy (non-hydrogen) atoms. The zero-order valence-corrected chi connectivity index (χ0v) is 13.3. The van der Waals surface area contributed by atoms with Crippen molar-refractivity contribution in [3.8, 4) is 0 Å². The number of carbonyl (C=O) groups excluding carboxylic acids is 1. The average Bonchev–Trinajstić information content (AvgIpc) is 2.54. The number of methoxy groups -OCH3 is 1. The van der Waals surface area contributed by atoms with Crippen LogP contribution in [0.3, 0.4) is 0 Å². The van der Waals surface area contributed by atoms with E-state index in [1.54, 1.807) is 12.7 Å². The molecule has 0 bridgehead atoms. The molecule has 0 saturated carbocycles. The Kier molecular flexibility index (Phi) is 7.03. The number of nitrogens with one attached hydrogen (secondary N) is 1. The van der Waals surface area contributed by atoms with Crippen molar-refractivity contribution in [1.29, 1.82) is 0 Å². The maximum Gasteiger partial charge on any atom is 0.317 e. The van der Waals surface area contributed by atoms with Gasteiger partial charge in [0.05, 0.1) is 6.61 Å². The number of hydrogen-bond acceptors (Lipinski definition) is 3. The summed E-state index contributed by atoms with van der Waals surface area (Å²) in [4.78, 5) is 16.3. The first-order valence-corrected chi connectivity index (χ1v) is 8.21. The minimum absolute atomic E-state index is 0.0432. The predicted octanol–water partition coefficient (Wildman–Crippen LogP) is 1.85. The lowest BCUT2D eigenvalue weighted by atomic mass is 9.97. The van der Waals surface area contributed by atoms with Gasteiger partial charge in [-0.2, -0.15) is 0 Å². The highest BCUT2D eigenvalue weighted by Gasteiger charge is 2.20. The number of rotatable bonds is 6. The van der Waals surface area contributed by atoms with Crippen LogP contribution >= 0.6 is 0 Å². The molecule has 5 nitrogen and oxygen atoms in total. The highest BCUT2D eigenvalue weighted by atomic mass is 16.5. The standard InChI is InChI=1S/C16H29N3O2/c1-21-14-8-17-16(20)19-12-10-18(11-13-19)9-7-15-5-3-2-4-6-15/h5H,2-4,6-14H2,1H3,(H,17,20). The smallest absolute Gasteiger partial charge is 0.317 e. The van der Waals surface area contributed by atoms with E-state index in [0.717, 1.165) is 32.7 Å². The summed E-state index contributed by atoms with van der Waals surface area (Å²) in [6.07, 6.45) is 8.93. The molecule has 2 aliphatic rings. The van der Waals surface area contributed by atoms with Crippen LogP contribution in [-0.4, -0.2) is 68.8 Å². The van der Waals surface area contributed by atoms with Crippen LogP contribution in [0.15, 0.2) is 11.6 Å². The molecule has 0 aromatic carbocycles. The topological polar surface area (TPSA) is 44.8 Å². The van der Waals surface area contributed by atoms with Crippen molar-refractivity contribution in [2.75, 3.05) is 53.0 Å². The van der Waals surface area contributed by atoms with Gasteiger partial charge in [-0.05, 0) is 32.1 Å². The highest BCUT2D eigenvalue weighted by molar-refractivity contribution is 5.74. The molecule has 1 heterocycles. The molecule has 1 N–H and O–H groups in total. The molecule has 1 fully saturated rings. The number of amides is 2. The van der Waals surface area contributed by atoms with Crippen LogP contribution in [0.25, 0.3) is 0 Å². The van der Waals surface area contributed by atoms with Gasteiger partial charge in [0.15, 0.2) is 0 Å². The maximum atomic E-state index is 11.9. The fourth-order valence-electron chi connectivity index (χ4n) is 2.98. The van der Waals surface area contributed by atoms with Crippen molar-refractivity contribution in [3.05, 3.63) is 11.6 Å². The first kappa shape index (κ1) is 16.3. The van der Waals surface area contributed by atoms with Crippen LogP contribution in [0.5, 0.6) is 0 Å². The molecular formula is C16H29N3O2. The second kappa shape index (κ2) is 9.05. The first-order valence-electron chi connectivity index (χ1n) is 8.21. The molecule has 0 spiro atoms. The Bertz CT molecular complexity index is 349. The number of urea groups is 1. The predicted molar refractivity (Wildman–Crippen MR) is 84.5 cm³/mol. The Morgan fingerprint density at radius 3 is 2.76 bits per heavy atom. The van der Waals surface area contributed by atoms with Gasteiger partial charge in [0.25, 0.3) is 0 Å². The lowest BCUT2D eigenvalue weighted by Crippen LogP contribution is -2.52. The van der Waals surface area contributed by atoms with E-state index in [9.17, 15) is 4.79 Å². The van der Waals surface area contributed by atoms with Crippen molar-refractivity contribution >= 4 is 6.03 Å². The largest absolute Gasteiger partial charge is 0.383 e. The number of allylic oxidation sites excluding steroid dienone is 1. The van der Waals surface area contributed by atoms with Gasteiger partial charge in [-0.25, -0.2) is 4.79 Å². The maximum absolute atomic E-state index is 11.9. The van der Waals surface area contributed by atoms with Gasteiger partial charge in [0, 0.05) is 46.4 Å². The van der Waals surface area contributed by atoms with Gasteiger partial charge in [-0.3, -0.25) is 4.90 Å². The Hall–Kier alpha value is -1.07. The molecule has 0 aromatic heterocycles. The summed E-state index contributed by atoms with van der Waals surface area (Å²) in [5.41, 5.74) is 1.64. The van der Waals surface area contributed by atoms with Gasteiger partial charge >= 0.3 is 6.03 Å². The summed E-state index contributed by atoms with van der Waals surface area (Å²) in [6.45, 7) is 5.95. The van der Waals surface area contributed by atoms with E-state index >= 15 is 0 Å². The monoisotopic (exact) mass is 295 g/mol. The Morgan fingerprint density at radius 2 is 2.10 bits per heavy atom. The number of hydrogen-bond donors (Lipinski definition) is 1. The van der Waals surface area contributed by atoms with E-state index in [0.29, 0.717) is 13.2 Å². The lowest BCUT2D eigenvalue weighted by molar-refractivity contribution is 0.136. The first-order chi connectivity index (χ1) is 10.3. The number of piperazine rings is 1. The molecule has 0 radical (unpaired) electrons. The second-order valence-corrected chi connectivity index (χ2v) is 5.91. The van der Waals surface area contributed by atoms with Crippen LogP contribution in [-0.2, 0) is 4.74 Å². The summed E-state index contributed by atoms with van der Waals surface area (Å²) < 4.78 is 4.94. The average molecular weight is 295 g/mol. The lowest BCUT2D eigenvalue weighted by Gasteiger charge is -2.35. The minimum atomic E-state index is 0.0432. The molecule has 0 atom stereocenters. The molecule has 0 unspecified atom stereocenters. The fraction of sp³-hybridized carbons (Fsp3) is 0.812. The van der Waals surface area contributed by atoms with Crippen LogP contribution in [0, 0.1) is 0 Å². The zero-order valence-electron chi connectivity index (χ0n) is 13.3. The van der Waals surface area contributed by atoms with Crippen LogP contribution < -0.4 is 5.32 Å². The van der Waals surface area contributed by atoms with E-state index < -0.39 is 0 Å². The van der Waals surface area contributed by atoms with E-state index in [1.807, 2.05) is 4.90 Å². The number of ether oxygens (including phenoxy) is 1. The Labute approximate surface area is 128 Å². The quantitative estimate of drug-likeness (QED) is 0.601. The van der Waals surface area contributed by atoms with E-state index in [4.69, 9.17) is 4.74 Å². The number of carbonyl (C=O) groups is 1. The van der Waals surface area contributed by atoms with Crippen molar-refractivity contribution in [2.24, 2.45) is 0 Å².